The number of rotatable bonds is 8. The fourth-order valence-electron chi connectivity index (χ4n) is 3.20. The van der Waals surface area contributed by atoms with Crippen LogP contribution in [0, 0.1) is 5.92 Å². The molecule has 0 bridgehead atoms. The number of likely N-dealkylation sites (N-methyl/N-ethyl adjacent to an activating group) is 1. The molecule has 0 aromatic heterocycles. The molecule has 1 rings (SSSR count). The van der Waals surface area contributed by atoms with Crippen LogP contribution in [0.5, 0.6) is 0 Å². The first-order valence-electron chi connectivity index (χ1n) is 8.40. The van der Waals surface area contributed by atoms with E-state index in [1.807, 2.05) is 6.92 Å². The lowest BCUT2D eigenvalue weighted by molar-refractivity contribution is 0.155. The molecule has 1 aliphatic carbocycles. The Morgan fingerprint density at radius 1 is 1.19 bits per heavy atom. The lowest BCUT2D eigenvalue weighted by atomic mass is 9.83. The Morgan fingerprint density at radius 3 is 2.38 bits per heavy atom. The third kappa shape index (κ3) is 7.14. The maximum atomic E-state index is 11.8. The van der Waals surface area contributed by atoms with Gasteiger partial charge in [-0.1, -0.05) is 32.6 Å². The van der Waals surface area contributed by atoms with Crippen molar-refractivity contribution < 1.29 is 9.90 Å². The zero-order valence-corrected chi connectivity index (χ0v) is 13.9. The molecule has 0 spiro atoms. The first-order valence-corrected chi connectivity index (χ1v) is 8.40. The molecule has 3 N–H and O–H groups in total. The molecule has 1 saturated carbocycles. The second kappa shape index (κ2) is 10.0. The Labute approximate surface area is 129 Å². The van der Waals surface area contributed by atoms with Crippen LogP contribution in [0.2, 0.25) is 0 Å². The van der Waals surface area contributed by atoms with Crippen LogP contribution in [0.15, 0.2) is 0 Å². The van der Waals surface area contributed by atoms with Crippen LogP contribution in [0.3, 0.4) is 0 Å². The summed E-state index contributed by atoms with van der Waals surface area (Å²) < 4.78 is 0. The molecule has 2 unspecified atom stereocenters. The highest BCUT2D eigenvalue weighted by atomic mass is 16.3. The van der Waals surface area contributed by atoms with Gasteiger partial charge in [0.2, 0.25) is 0 Å². The lowest BCUT2D eigenvalue weighted by Crippen LogP contribution is -2.48. The van der Waals surface area contributed by atoms with Gasteiger partial charge < -0.3 is 20.6 Å². The number of nitrogens with one attached hydrogen (secondary N) is 2. The molecule has 0 saturated heterocycles. The second-order valence-corrected chi connectivity index (χ2v) is 6.46. The molecule has 2 amide bonds. The quantitative estimate of drug-likeness (QED) is 0.642. The minimum Gasteiger partial charge on any atom is -0.391 e. The number of amides is 2. The van der Waals surface area contributed by atoms with Gasteiger partial charge in [0, 0.05) is 19.1 Å². The van der Waals surface area contributed by atoms with E-state index >= 15 is 0 Å². The summed E-state index contributed by atoms with van der Waals surface area (Å²) in [6.07, 6.45) is 7.71. The third-order valence-corrected chi connectivity index (χ3v) is 4.45. The molecule has 1 aliphatic rings. The van der Waals surface area contributed by atoms with Crippen molar-refractivity contribution in [2.24, 2.45) is 5.92 Å². The summed E-state index contributed by atoms with van der Waals surface area (Å²) in [6, 6.07) is 0.226. The van der Waals surface area contributed by atoms with Gasteiger partial charge >= 0.3 is 6.03 Å². The predicted molar refractivity (Wildman–Crippen MR) is 86.4 cm³/mol. The van der Waals surface area contributed by atoms with E-state index in [4.69, 9.17) is 0 Å². The largest absolute Gasteiger partial charge is 0.391 e. The average Bonchev–Trinajstić information content (AvgIpc) is 2.46. The van der Waals surface area contributed by atoms with Crippen LogP contribution in [-0.4, -0.2) is 55.4 Å². The standard InChI is InChI=1S/C16H33N3O2/c1-4-8-14(20)11-17-16(21)18-12-15(19(2)3)13-9-6-5-7-10-13/h13-15,20H,4-12H2,1-3H3,(H2,17,18,21). The van der Waals surface area contributed by atoms with E-state index in [1.54, 1.807) is 0 Å². The van der Waals surface area contributed by atoms with Crippen LogP contribution < -0.4 is 10.6 Å². The molecule has 0 aliphatic heterocycles. The van der Waals surface area contributed by atoms with E-state index in [1.165, 1.54) is 32.1 Å². The smallest absolute Gasteiger partial charge is 0.314 e. The number of carbonyl (C=O) groups is 1. The van der Waals surface area contributed by atoms with Crippen molar-refractivity contribution >= 4 is 6.03 Å². The number of aliphatic hydroxyl groups is 1. The van der Waals surface area contributed by atoms with E-state index in [0.717, 1.165) is 12.8 Å². The lowest BCUT2D eigenvalue weighted by Gasteiger charge is -2.35. The number of hydrogen-bond donors (Lipinski definition) is 3. The summed E-state index contributed by atoms with van der Waals surface area (Å²) in [4.78, 5) is 14.0. The molecular formula is C16H33N3O2. The maximum Gasteiger partial charge on any atom is 0.314 e. The predicted octanol–water partition coefficient (Wildman–Crippen LogP) is 1.96. The topological polar surface area (TPSA) is 64.6 Å². The van der Waals surface area contributed by atoms with Crippen LogP contribution in [0.4, 0.5) is 4.79 Å². The highest BCUT2D eigenvalue weighted by Gasteiger charge is 2.25. The van der Waals surface area contributed by atoms with Crippen LogP contribution in [0.1, 0.15) is 51.9 Å². The van der Waals surface area contributed by atoms with Crippen LogP contribution >= 0.6 is 0 Å². The molecule has 1 fully saturated rings. The number of aliphatic hydroxyl groups excluding tert-OH is 1. The van der Waals surface area contributed by atoms with Crippen molar-refractivity contribution in [1.29, 1.82) is 0 Å². The van der Waals surface area contributed by atoms with Crippen molar-refractivity contribution in [3.05, 3.63) is 0 Å². The van der Waals surface area contributed by atoms with Crippen LogP contribution in [-0.2, 0) is 0 Å². The number of nitrogens with zero attached hydrogens (tertiary/aromatic N) is 1. The van der Waals surface area contributed by atoms with E-state index in [2.05, 4.69) is 29.6 Å². The van der Waals surface area contributed by atoms with Crippen molar-refractivity contribution in [2.75, 3.05) is 27.2 Å². The summed E-state index contributed by atoms with van der Waals surface area (Å²) in [6.45, 7) is 3.03. The second-order valence-electron chi connectivity index (χ2n) is 6.46. The molecule has 5 heteroatoms. The molecule has 0 radical (unpaired) electrons. The van der Waals surface area contributed by atoms with Crippen molar-refractivity contribution in [2.45, 2.75) is 64.0 Å². The van der Waals surface area contributed by atoms with E-state index in [-0.39, 0.29) is 6.03 Å². The highest BCUT2D eigenvalue weighted by molar-refractivity contribution is 5.73. The Kier molecular flexibility index (Phi) is 8.69. The zero-order chi connectivity index (χ0) is 15.7. The Balaban J connectivity index is 2.30. The summed E-state index contributed by atoms with van der Waals surface area (Å²) in [5, 5.41) is 15.3. The van der Waals surface area contributed by atoms with Crippen molar-refractivity contribution in [3.63, 3.8) is 0 Å². The SMILES string of the molecule is CCCC(O)CNC(=O)NCC(C1CCCCC1)N(C)C. The molecular weight excluding hydrogens is 266 g/mol. The van der Waals surface area contributed by atoms with Gasteiger partial charge in [0.05, 0.1) is 6.10 Å². The fraction of sp³-hybridized carbons (Fsp3) is 0.938. The Bertz CT molecular complexity index is 291. The minimum atomic E-state index is -0.441. The third-order valence-electron chi connectivity index (χ3n) is 4.45. The molecule has 0 aromatic rings. The van der Waals surface area contributed by atoms with E-state index in [9.17, 15) is 9.90 Å². The summed E-state index contributed by atoms with van der Waals surface area (Å²) in [5.41, 5.74) is 0. The normalized spacial score (nSPS) is 19.3. The molecule has 0 heterocycles. The molecule has 124 valence electrons. The van der Waals surface area contributed by atoms with Gasteiger partial charge in [-0.15, -0.1) is 0 Å². The number of urea groups is 1. The summed E-state index contributed by atoms with van der Waals surface area (Å²) >= 11 is 0. The summed E-state index contributed by atoms with van der Waals surface area (Å²) in [5.74, 6) is 0.680. The Morgan fingerprint density at radius 2 is 1.81 bits per heavy atom. The van der Waals surface area contributed by atoms with E-state index < -0.39 is 6.10 Å². The molecule has 21 heavy (non-hydrogen) atoms. The van der Waals surface area contributed by atoms with E-state index in [0.29, 0.717) is 25.0 Å². The first kappa shape index (κ1) is 18.2. The van der Waals surface area contributed by atoms with Gasteiger partial charge in [0.1, 0.15) is 0 Å². The van der Waals surface area contributed by atoms with Gasteiger partial charge in [-0.3, -0.25) is 0 Å². The first-order chi connectivity index (χ1) is 10.0. The van der Waals surface area contributed by atoms with Gasteiger partial charge in [0.25, 0.3) is 0 Å². The highest BCUT2D eigenvalue weighted by Crippen LogP contribution is 2.27. The van der Waals surface area contributed by atoms with Crippen molar-refractivity contribution in [1.82, 2.24) is 15.5 Å². The molecule has 5 nitrogen and oxygen atoms in total. The molecule has 2 atom stereocenters. The van der Waals surface area contributed by atoms with Gasteiger partial charge in [0.15, 0.2) is 0 Å². The van der Waals surface area contributed by atoms with Crippen molar-refractivity contribution in [3.8, 4) is 0 Å². The van der Waals surface area contributed by atoms with Gasteiger partial charge in [-0.2, -0.15) is 0 Å². The number of hydrogen-bond acceptors (Lipinski definition) is 3. The van der Waals surface area contributed by atoms with Gasteiger partial charge in [-0.05, 0) is 39.3 Å². The fourth-order valence-corrected chi connectivity index (χ4v) is 3.20. The monoisotopic (exact) mass is 299 g/mol. The minimum absolute atomic E-state index is 0.173. The summed E-state index contributed by atoms with van der Waals surface area (Å²) in [7, 11) is 4.17. The zero-order valence-electron chi connectivity index (χ0n) is 13.9. The Hall–Kier alpha value is -0.810. The average molecular weight is 299 g/mol. The molecule has 0 aromatic carbocycles. The van der Waals surface area contributed by atoms with Crippen LogP contribution in [0.25, 0.3) is 0 Å². The number of carbonyl (C=O) groups excluding carboxylic acids is 1. The van der Waals surface area contributed by atoms with Gasteiger partial charge in [-0.25, -0.2) is 4.79 Å². The maximum absolute atomic E-state index is 11.8.